The Hall–Kier alpha value is -2.81. The number of anilines is 1. The van der Waals surface area contributed by atoms with Crippen LogP contribution in [0.5, 0.6) is 0 Å². The molecule has 1 aromatic carbocycles. The maximum atomic E-state index is 14.5. The number of halogens is 4. The number of rotatable bonds is 6. The number of ether oxygens (including phenoxy) is 1. The van der Waals surface area contributed by atoms with Crippen LogP contribution in [0.4, 0.5) is 23.8 Å². The lowest BCUT2D eigenvalue weighted by Gasteiger charge is -2.28. The quantitative estimate of drug-likeness (QED) is 0.423. The van der Waals surface area contributed by atoms with Crippen LogP contribution >= 0.6 is 11.6 Å². The van der Waals surface area contributed by atoms with E-state index in [1.54, 1.807) is 27.7 Å². The Labute approximate surface area is 177 Å². The van der Waals surface area contributed by atoms with Crippen LogP contribution in [-0.2, 0) is 4.74 Å². The van der Waals surface area contributed by atoms with E-state index < -0.39 is 41.2 Å². The predicted octanol–water partition coefficient (Wildman–Crippen LogP) is 5.22. The molecule has 30 heavy (non-hydrogen) atoms. The molecular formula is C20H22ClF3N4O2. The standard InChI is InChI=1S/C20H22ClF3N4O2/c1-10(26-19(29)30-20(2,3)4)16(11-5-6-13(22)14(23)7-11)27-18-15(24)8-12(9-25)17(21)28-18/h5-10,16,25H,1-4H3,(H,26,29)(H,27,28)/t10-,16-/m0/s1. The van der Waals surface area contributed by atoms with Crippen molar-refractivity contribution >= 4 is 29.7 Å². The van der Waals surface area contributed by atoms with Gasteiger partial charge in [0.15, 0.2) is 23.3 Å². The van der Waals surface area contributed by atoms with Crippen molar-refractivity contribution < 1.29 is 22.7 Å². The number of aromatic nitrogens is 1. The molecule has 0 spiro atoms. The van der Waals surface area contributed by atoms with Crippen LogP contribution < -0.4 is 10.6 Å². The highest BCUT2D eigenvalue weighted by Gasteiger charge is 2.26. The number of nitrogens with one attached hydrogen (secondary N) is 3. The molecule has 162 valence electrons. The van der Waals surface area contributed by atoms with Crippen molar-refractivity contribution in [3.05, 3.63) is 58.0 Å². The maximum Gasteiger partial charge on any atom is 0.407 e. The summed E-state index contributed by atoms with van der Waals surface area (Å²) in [4.78, 5) is 16.0. The third-order valence-electron chi connectivity index (χ3n) is 3.95. The van der Waals surface area contributed by atoms with E-state index in [4.69, 9.17) is 21.7 Å². The zero-order chi connectivity index (χ0) is 22.6. The van der Waals surface area contributed by atoms with E-state index in [1.807, 2.05) is 0 Å². The number of amides is 1. The lowest BCUT2D eigenvalue weighted by Crippen LogP contribution is -2.42. The van der Waals surface area contributed by atoms with Crippen molar-refractivity contribution in [2.75, 3.05) is 5.32 Å². The van der Waals surface area contributed by atoms with Crippen LogP contribution in [0.25, 0.3) is 0 Å². The summed E-state index contributed by atoms with van der Waals surface area (Å²) in [5, 5.41) is 12.4. The second kappa shape index (κ2) is 9.34. The molecule has 0 fully saturated rings. The Morgan fingerprint density at radius 2 is 1.87 bits per heavy atom. The number of carbonyl (C=O) groups is 1. The minimum atomic E-state index is -1.10. The van der Waals surface area contributed by atoms with Gasteiger partial charge in [-0.25, -0.2) is 22.9 Å². The molecule has 2 aromatic rings. The van der Waals surface area contributed by atoms with Crippen LogP contribution in [-0.4, -0.2) is 28.9 Å². The Bertz CT molecular complexity index is 950. The topological polar surface area (TPSA) is 87.1 Å². The van der Waals surface area contributed by atoms with Crippen LogP contribution in [0.3, 0.4) is 0 Å². The minimum Gasteiger partial charge on any atom is -0.444 e. The number of carbonyl (C=O) groups excluding carboxylic acids is 1. The predicted molar refractivity (Wildman–Crippen MR) is 109 cm³/mol. The smallest absolute Gasteiger partial charge is 0.407 e. The fourth-order valence-electron chi connectivity index (χ4n) is 2.61. The first-order chi connectivity index (χ1) is 13.9. The fourth-order valence-corrected chi connectivity index (χ4v) is 2.80. The first-order valence-corrected chi connectivity index (χ1v) is 9.36. The fraction of sp³-hybridized carbons (Fsp3) is 0.350. The molecule has 0 aliphatic rings. The summed E-state index contributed by atoms with van der Waals surface area (Å²) in [6.07, 6.45) is 0.108. The van der Waals surface area contributed by atoms with Gasteiger partial charge in [-0.15, -0.1) is 0 Å². The van der Waals surface area contributed by atoms with Crippen molar-refractivity contribution in [2.24, 2.45) is 0 Å². The molecule has 6 nitrogen and oxygen atoms in total. The van der Waals surface area contributed by atoms with E-state index in [1.165, 1.54) is 6.07 Å². The molecule has 0 unspecified atom stereocenters. The number of nitrogens with zero attached hydrogens (tertiary/aromatic N) is 1. The van der Waals surface area contributed by atoms with Gasteiger partial charge in [-0.2, -0.15) is 0 Å². The molecule has 2 atom stereocenters. The second-order valence-corrected chi connectivity index (χ2v) is 7.93. The SMILES string of the molecule is C[C@H](NC(=O)OC(C)(C)C)[C@H](Nc1nc(Cl)c(C=N)cc1F)c1ccc(F)c(F)c1. The zero-order valence-corrected chi connectivity index (χ0v) is 17.6. The Kier molecular flexibility index (Phi) is 7.30. The summed E-state index contributed by atoms with van der Waals surface area (Å²) < 4.78 is 46.9. The third-order valence-corrected chi connectivity index (χ3v) is 4.25. The molecule has 0 aliphatic heterocycles. The molecular weight excluding hydrogens is 421 g/mol. The van der Waals surface area contributed by atoms with Crippen LogP contribution in [0.1, 0.15) is 44.9 Å². The number of benzene rings is 1. The van der Waals surface area contributed by atoms with E-state index in [0.29, 0.717) is 0 Å². The zero-order valence-electron chi connectivity index (χ0n) is 16.8. The van der Waals surface area contributed by atoms with Gasteiger partial charge in [0.05, 0.1) is 12.1 Å². The molecule has 0 saturated carbocycles. The Morgan fingerprint density at radius 3 is 2.43 bits per heavy atom. The van der Waals surface area contributed by atoms with Gasteiger partial charge in [0.25, 0.3) is 0 Å². The number of pyridine rings is 1. The largest absolute Gasteiger partial charge is 0.444 e. The second-order valence-electron chi connectivity index (χ2n) is 7.57. The van der Waals surface area contributed by atoms with Crippen molar-refractivity contribution in [3.63, 3.8) is 0 Å². The first-order valence-electron chi connectivity index (χ1n) is 8.98. The molecule has 1 aromatic heterocycles. The highest BCUT2D eigenvalue weighted by molar-refractivity contribution is 6.31. The summed E-state index contributed by atoms with van der Waals surface area (Å²) in [6.45, 7) is 6.64. The van der Waals surface area contributed by atoms with Gasteiger partial charge in [0.1, 0.15) is 10.8 Å². The minimum absolute atomic E-state index is 0.0732. The van der Waals surface area contributed by atoms with Gasteiger partial charge >= 0.3 is 6.09 Å². The summed E-state index contributed by atoms with van der Waals surface area (Å²) in [6, 6.07) is 2.50. The number of hydrogen-bond acceptors (Lipinski definition) is 5. The van der Waals surface area contributed by atoms with Crippen LogP contribution in [0.2, 0.25) is 5.15 Å². The highest BCUT2D eigenvalue weighted by Crippen LogP contribution is 2.27. The summed E-state index contributed by atoms with van der Waals surface area (Å²) >= 11 is 5.95. The molecule has 10 heteroatoms. The Balaban J connectivity index is 2.39. The van der Waals surface area contributed by atoms with Gasteiger partial charge in [0.2, 0.25) is 0 Å². The van der Waals surface area contributed by atoms with Crippen LogP contribution in [0.15, 0.2) is 24.3 Å². The molecule has 0 saturated heterocycles. The molecule has 1 heterocycles. The first kappa shape index (κ1) is 23.5. The van der Waals surface area contributed by atoms with E-state index >= 15 is 0 Å². The summed E-state index contributed by atoms with van der Waals surface area (Å²) in [7, 11) is 0. The maximum absolute atomic E-state index is 14.5. The van der Waals surface area contributed by atoms with Gasteiger partial charge in [0, 0.05) is 11.8 Å². The van der Waals surface area contributed by atoms with E-state index in [-0.39, 0.29) is 22.1 Å². The molecule has 2 rings (SSSR count). The molecule has 1 amide bonds. The van der Waals surface area contributed by atoms with Crippen molar-refractivity contribution in [2.45, 2.75) is 45.4 Å². The summed E-state index contributed by atoms with van der Waals surface area (Å²) in [5.41, 5.74) is -0.451. The summed E-state index contributed by atoms with van der Waals surface area (Å²) in [5.74, 6) is -3.24. The molecule has 3 N–H and O–H groups in total. The molecule has 0 radical (unpaired) electrons. The van der Waals surface area contributed by atoms with Crippen molar-refractivity contribution in [1.82, 2.24) is 10.3 Å². The van der Waals surface area contributed by atoms with Gasteiger partial charge in [-0.3, -0.25) is 0 Å². The third kappa shape index (κ3) is 6.09. The van der Waals surface area contributed by atoms with Gasteiger partial charge in [-0.05, 0) is 51.5 Å². The number of alkyl carbamates (subject to hydrolysis) is 1. The van der Waals surface area contributed by atoms with E-state index in [2.05, 4.69) is 15.6 Å². The lowest BCUT2D eigenvalue weighted by atomic mass is 10.00. The van der Waals surface area contributed by atoms with Gasteiger partial charge < -0.3 is 20.8 Å². The van der Waals surface area contributed by atoms with Crippen LogP contribution in [0, 0.1) is 22.9 Å². The molecule has 0 bridgehead atoms. The van der Waals surface area contributed by atoms with Gasteiger partial charge in [-0.1, -0.05) is 17.7 Å². The molecule has 0 aliphatic carbocycles. The monoisotopic (exact) mass is 442 g/mol. The lowest BCUT2D eigenvalue weighted by molar-refractivity contribution is 0.0503. The van der Waals surface area contributed by atoms with E-state index in [9.17, 15) is 18.0 Å². The average Bonchev–Trinajstić information content (AvgIpc) is 2.62. The average molecular weight is 443 g/mol. The Morgan fingerprint density at radius 1 is 1.20 bits per heavy atom. The normalized spacial score (nSPS) is 13.3. The van der Waals surface area contributed by atoms with Crippen molar-refractivity contribution in [3.8, 4) is 0 Å². The number of hydrogen-bond donors (Lipinski definition) is 3. The van der Waals surface area contributed by atoms with E-state index in [0.717, 1.165) is 24.4 Å². The van der Waals surface area contributed by atoms with Crippen molar-refractivity contribution in [1.29, 1.82) is 5.41 Å². The highest BCUT2D eigenvalue weighted by atomic mass is 35.5.